The topological polar surface area (TPSA) is 58.2 Å². The number of carbonyl (C=O) groups excluding carboxylic acids is 2. The van der Waals surface area contributed by atoms with Gasteiger partial charge in [0.05, 0.1) is 0 Å². The lowest BCUT2D eigenvalue weighted by molar-refractivity contribution is -0.127. The van der Waals surface area contributed by atoms with Gasteiger partial charge in [-0.15, -0.1) is 0 Å². The van der Waals surface area contributed by atoms with Gasteiger partial charge in [-0.3, -0.25) is 9.59 Å². The van der Waals surface area contributed by atoms with Gasteiger partial charge in [0.2, 0.25) is 11.8 Å². The molecule has 0 aliphatic rings. The number of hydrogen-bond donors (Lipinski definition) is 2. The Morgan fingerprint density at radius 3 is 2.54 bits per heavy atom. The maximum atomic E-state index is 11.2. The lowest BCUT2D eigenvalue weighted by atomic mass is 10.2. The van der Waals surface area contributed by atoms with Crippen LogP contribution in [0, 0.1) is 0 Å². The second-order valence-electron chi connectivity index (χ2n) is 2.44. The normalized spacial score (nSPS) is 11.6. The zero-order chi connectivity index (χ0) is 10.3. The van der Waals surface area contributed by atoms with Crippen LogP contribution in [0.2, 0.25) is 6.82 Å². The van der Waals surface area contributed by atoms with Crippen molar-refractivity contribution < 1.29 is 9.59 Å². The molecule has 0 aromatic carbocycles. The minimum atomic E-state index is -0.441. The van der Waals surface area contributed by atoms with Gasteiger partial charge in [0, 0.05) is 19.7 Å². The van der Waals surface area contributed by atoms with Crippen molar-refractivity contribution in [1.82, 2.24) is 10.6 Å². The highest BCUT2D eigenvalue weighted by Gasteiger charge is 2.16. The van der Waals surface area contributed by atoms with Gasteiger partial charge in [-0.1, -0.05) is 6.82 Å². The number of amides is 2. The first-order chi connectivity index (χ1) is 6.11. The van der Waals surface area contributed by atoms with Crippen molar-refractivity contribution in [2.75, 3.05) is 12.8 Å². The Kier molecular flexibility index (Phi) is 6.49. The minimum Gasteiger partial charge on any atom is -0.357 e. The van der Waals surface area contributed by atoms with Crippen molar-refractivity contribution in [1.29, 1.82) is 0 Å². The van der Waals surface area contributed by atoms with Crippen molar-refractivity contribution in [2.24, 2.45) is 0 Å². The molecule has 13 heavy (non-hydrogen) atoms. The summed E-state index contributed by atoms with van der Waals surface area (Å²) in [5.74, 6) is 0.213. The molecule has 0 bridgehead atoms. The van der Waals surface area contributed by atoms with E-state index in [0.29, 0.717) is 5.75 Å². The van der Waals surface area contributed by atoms with E-state index in [2.05, 4.69) is 10.6 Å². The molecular weight excluding hydrogens is 187 g/mol. The summed E-state index contributed by atoms with van der Waals surface area (Å²) in [7, 11) is 1.55. The van der Waals surface area contributed by atoms with E-state index in [-0.39, 0.29) is 11.8 Å². The molecule has 0 aromatic rings. The highest BCUT2D eigenvalue weighted by atomic mass is 32.2. The molecule has 0 aliphatic heterocycles. The Hall–Kier alpha value is -0.645. The molecule has 1 atom stereocenters. The molecule has 0 rings (SSSR count). The predicted octanol–water partition coefficient (Wildman–Crippen LogP) is -0.362. The molecule has 73 valence electrons. The lowest BCUT2D eigenvalue weighted by Gasteiger charge is -2.15. The number of carbonyl (C=O) groups is 2. The van der Waals surface area contributed by atoms with Crippen LogP contribution in [-0.4, -0.2) is 37.2 Å². The molecule has 0 aliphatic carbocycles. The van der Waals surface area contributed by atoms with Gasteiger partial charge in [-0.25, -0.2) is 11.6 Å². The van der Waals surface area contributed by atoms with Crippen molar-refractivity contribution in [2.45, 2.75) is 19.8 Å². The Bertz CT molecular complexity index is 189. The van der Waals surface area contributed by atoms with Crippen LogP contribution < -0.4 is 10.6 Å². The average Bonchev–Trinajstić information content (AvgIpc) is 2.10. The van der Waals surface area contributed by atoms with Crippen molar-refractivity contribution in [3.63, 3.8) is 0 Å². The maximum absolute atomic E-state index is 11.2. The lowest BCUT2D eigenvalue weighted by Crippen LogP contribution is -2.46. The third kappa shape index (κ3) is 5.57. The van der Waals surface area contributed by atoms with E-state index in [1.54, 1.807) is 7.05 Å². The first kappa shape index (κ1) is 12.4. The van der Waals surface area contributed by atoms with E-state index in [9.17, 15) is 9.59 Å². The summed E-state index contributed by atoms with van der Waals surface area (Å²) < 4.78 is 0. The van der Waals surface area contributed by atoms with E-state index < -0.39 is 6.04 Å². The molecule has 0 unspecified atom stereocenters. The fourth-order valence-electron chi connectivity index (χ4n) is 0.795. The van der Waals surface area contributed by atoms with E-state index in [1.807, 2.05) is 13.4 Å². The largest absolute Gasteiger partial charge is 0.357 e. The van der Waals surface area contributed by atoms with Crippen LogP contribution in [0.1, 0.15) is 6.92 Å². The van der Waals surface area contributed by atoms with Gasteiger partial charge >= 0.3 is 0 Å². The molecule has 0 heterocycles. The quantitative estimate of drug-likeness (QED) is 0.597. The second-order valence-corrected chi connectivity index (χ2v) is 3.57. The van der Waals surface area contributed by atoms with Crippen LogP contribution in [0.15, 0.2) is 0 Å². The SMILES string of the molecule is C[B]SC[C@H](NC(C)=O)C(=O)NC. The maximum Gasteiger partial charge on any atom is 0.243 e. The van der Waals surface area contributed by atoms with Crippen LogP contribution in [0.4, 0.5) is 0 Å². The van der Waals surface area contributed by atoms with Gasteiger partial charge in [0.25, 0.3) is 0 Å². The van der Waals surface area contributed by atoms with Crippen LogP contribution in [0.5, 0.6) is 0 Å². The standard InChI is InChI=1S/C7H14BN2O2S/c1-5(11)10-6(4-13-8-2)7(12)9-3/h6H,4H2,1-3H3,(H,9,12)(H,10,11)/t6-/m0/s1. The Morgan fingerprint density at radius 1 is 1.54 bits per heavy atom. The molecule has 0 aromatic heterocycles. The minimum absolute atomic E-state index is 0.162. The average molecular weight is 201 g/mol. The van der Waals surface area contributed by atoms with Gasteiger partial charge in [0.15, 0.2) is 6.56 Å². The summed E-state index contributed by atoms with van der Waals surface area (Å²) in [6, 6.07) is -0.441. The Balaban J connectivity index is 4.02. The van der Waals surface area contributed by atoms with Crippen molar-refractivity contribution in [3.8, 4) is 0 Å². The molecule has 2 N–H and O–H groups in total. The molecule has 0 spiro atoms. The molecule has 6 heteroatoms. The van der Waals surface area contributed by atoms with Crippen LogP contribution in [0.25, 0.3) is 0 Å². The zero-order valence-electron chi connectivity index (χ0n) is 8.09. The molecule has 1 radical (unpaired) electrons. The Morgan fingerprint density at radius 2 is 2.15 bits per heavy atom. The first-order valence-electron chi connectivity index (χ1n) is 4.00. The van der Waals surface area contributed by atoms with Crippen LogP contribution in [0.3, 0.4) is 0 Å². The highest BCUT2D eigenvalue weighted by molar-refractivity contribution is 8.22. The van der Waals surface area contributed by atoms with Gasteiger partial charge in [-0.05, 0) is 0 Å². The predicted molar refractivity (Wildman–Crippen MR) is 55.7 cm³/mol. The third-order valence-corrected chi connectivity index (χ3v) is 2.23. The number of rotatable bonds is 5. The third-order valence-electron chi connectivity index (χ3n) is 1.37. The first-order valence-corrected chi connectivity index (χ1v) is 5.04. The van der Waals surface area contributed by atoms with Gasteiger partial charge in [-0.2, -0.15) is 0 Å². The van der Waals surface area contributed by atoms with E-state index in [1.165, 1.54) is 18.5 Å². The van der Waals surface area contributed by atoms with Gasteiger partial charge < -0.3 is 10.6 Å². The fourth-order valence-corrected chi connectivity index (χ4v) is 1.41. The summed E-state index contributed by atoms with van der Waals surface area (Å²) in [6.07, 6.45) is 0. The highest BCUT2D eigenvalue weighted by Crippen LogP contribution is 2.00. The van der Waals surface area contributed by atoms with E-state index in [0.717, 1.165) is 0 Å². The molecule has 0 saturated heterocycles. The van der Waals surface area contributed by atoms with Crippen LogP contribution in [-0.2, 0) is 9.59 Å². The zero-order valence-corrected chi connectivity index (χ0v) is 8.90. The number of likely N-dealkylation sites (N-methyl/N-ethyl adjacent to an activating group) is 1. The van der Waals surface area contributed by atoms with Crippen LogP contribution >= 0.6 is 11.6 Å². The summed E-state index contributed by atoms with van der Waals surface area (Å²) in [5.41, 5.74) is 0. The molecule has 2 amide bonds. The summed E-state index contributed by atoms with van der Waals surface area (Å²) in [4.78, 5) is 21.9. The second kappa shape index (κ2) is 6.83. The Labute approximate surface area is 83.4 Å². The summed E-state index contributed by atoms with van der Waals surface area (Å²) in [5, 5.41) is 5.07. The fraction of sp³-hybridized carbons (Fsp3) is 0.714. The van der Waals surface area contributed by atoms with E-state index in [4.69, 9.17) is 0 Å². The number of hydrogen-bond acceptors (Lipinski definition) is 3. The molecule has 4 nitrogen and oxygen atoms in total. The van der Waals surface area contributed by atoms with E-state index >= 15 is 0 Å². The summed E-state index contributed by atoms with van der Waals surface area (Å²) >= 11 is 1.50. The van der Waals surface area contributed by atoms with Gasteiger partial charge in [0.1, 0.15) is 6.04 Å². The number of nitrogens with one attached hydrogen (secondary N) is 2. The molecular formula is C7H14BN2O2S. The molecule has 0 fully saturated rings. The summed E-state index contributed by atoms with van der Waals surface area (Å²) in [6.45, 7) is 5.17. The molecule has 0 saturated carbocycles. The van der Waals surface area contributed by atoms with Crippen molar-refractivity contribution in [3.05, 3.63) is 0 Å². The monoisotopic (exact) mass is 201 g/mol. The smallest absolute Gasteiger partial charge is 0.243 e. The van der Waals surface area contributed by atoms with Crippen molar-refractivity contribution >= 4 is 30.0 Å².